The first-order valence-electron chi connectivity index (χ1n) is 9.41. The van der Waals surface area contributed by atoms with E-state index in [2.05, 4.69) is 38.9 Å². The highest BCUT2D eigenvalue weighted by atomic mass is 16.1. The molecule has 4 rings (SSSR count). The summed E-state index contributed by atoms with van der Waals surface area (Å²) >= 11 is 0. The third kappa shape index (κ3) is 3.11. The molecule has 2 aromatic heterocycles. The van der Waals surface area contributed by atoms with Crippen molar-refractivity contribution < 1.29 is 4.79 Å². The molecule has 1 amide bonds. The first kappa shape index (κ1) is 16.8. The number of aromatic nitrogens is 4. The fourth-order valence-electron chi connectivity index (χ4n) is 3.72. The highest BCUT2D eigenvalue weighted by Crippen LogP contribution is 2.22. The van der Waals surface area contributed by atoms with Crippen LogP contribution in [-0.2, 0) is 19.4 Å². The summed E-state index contributed by atoms with van der Waals surface area (Å²) < 4.78 is 2.23. The molecule has 0 bridgehead atoms. The molecule has 3 heterocycles. The van der Waals surface area contributed by atoms with Crippen LogP contribution in [0, 0.1) is 13.8 Å². The second-order valence-electron chi connectivity index (χ2n) is 7.14. The number of hydrogen-bond donors (Lipinski definition) is 2. The van der Waals surface area contributed by atoms with E-state index >= 15 is 0 Å². The number of aryl methyl sites for hydroxylation is 3. The number of H-pyrrole nitrogens is 1. The van der Waals surface area contributed by atoms with Gasteiger partial charge >= 0.3 is 0 Å². The van der Waals surface area contributed by atoms with Crippen molar-refractivity contribution in [2.75, 3.05) is 6.54 Å². The van der Waals surface area contributed by atoms with Gasteiger partial charge in [0.05, 0.1) is 0 Å². The molecule has 6 nitrogen and oxygen atoms in total. The Morgan fingerprint density at radius 1 is 1.23 bits per heavy atom. The Balaban J connectivity index is 1.41. The van der Waals surface area contributed by atoms with Crippen LogP contribution in [0.4, 0.5) is 0 Å². The molecule has 1 aliphatic heterocycles. The summed E-state index contributed by atoms with van der Waals surface area (Å²) in [6.45, 7) is 5.69. The molecule has 136 valence electrons. The summed E-state index contributed by atoms with van der Waals surface area (Å²) in [7, 11) is 0. The van der Waals surface area contributed by atoms with Gasteiger partial charge in [-0.15, -0.1) is 10.2 Å². The number of carbonyl (C=O) groups excluding carboxylic acids is 1. The number of hydrogen-bond acceptors (Lipinski definition) is 3. The molecule has 3 aromatic rings. The van der Waals surface area contributed by atoms with Crippen molar-refractivity contribution in [2.24, 2.45) is 0 Å². The molecule has 0 spiro atoms. The van der Waals surface area contributed by atoms with Gasteiger partial charge < -0.3 is 14.9 Å². The SMILES string of the molecule is Cc1[nH]c2ccc(C(=O)NCCc3nnc4n3CCCCC4)cc2c1C. The molecule has 1 aliphatic rings. The van der Waals surface area contributed by atoms with Crippen molar-refractivity contribution in [3.05, 3.63) is 46.7 Å². The fraction of sp³-hybridized carbons (Fsp3) is 0.450. The molecular formula is C20H25N5O. The lowest BCUT2D eigenvalue weighted by molar-refractivity contribution is 0.0954. The number of nitrogens with one attached hydrogen (secondary N) is 2. The van der Waals surface area contributed by atoms with Gasteiger partial charge in [-0.05, 0) is 50.5 Å². The normalized spacial score (nSPS) is 14.2. The van der Waals surface area contributed by atoms with E-state index in [9.17, 15) is 4.79 Å². The van der Waals surface area contributed by atoms with Crippen LogP contribution in [0.1, 0.15) is 52.5 Å². The largest absolute Gasteiger partial charge is 0.358 e. The topological polar surface area (TPSA) is 75.6 Å². The van der Waals surface area contributed by atoms with E-state index in [1.807, 2.05) is 18.2 Å². The van der Waals surface area contributed by atoms with Gasteiger partial charge in [-0.1, -0.05) is 6.42 Å². The predicted octanol–water partition coefficient (Wildman–Crippen LogP) is 3.08. The van der Waals surface area contributed by atoms with Crippen molar-refractivity contribution in [1.82, 2.24) is 25.1 Å². The second kappa shape index (κ2) is 6.94. The van der Waals surface area contributed by atoms with Crippen LogP contribution in [-0.4, -0.2) is 32.2 Å². The lowest BCUT2D eigenvalue weighted by atomic mass is 10.1. The van der Waals surface area contributed by atoms with Crippen molar-refractivity contribution in [2.45, 2.75) is 52.5 Å². The maximum Gasteiger partial charge on any atom is 0.251 e. The van der Waals surface area contributed by atoms with E-state index < -0.39 is 0 Å². The molecule has 6 heteroatoms. The maximum atomic E-state index is 12.5. The molecule has 1 aromatic carbocycles. The van der Waals surface area contributed by atoms with E-state index in [-0.39, 0.29) is 5.91 Å². The zero-order valence-electron chi connectivity index (χ0n) is 15.4. The van der Waals surface area contributed by atoms with Crippen molar-refractivity contribution in [3.63, 3.8) is 0 Å². The van der Waals surface area contributed by atoms with Crippen molar-refractivity contribution in [3.8, 4) is 0 Å². The van der Waals surface area contributed by atoms with Crippen molar-refractivity contribution >= 4 is 16.8 Å². The van der Waals surface area contributed by atoms with Crippen LogP contribution in [0.25, 0.3) is 10.9 Å². The van der Waals surface area contributed by atoms with Gasteiger partial charge in [0.15, 0.2) is 0 Å². The van der Waals surface area contributed by atoms with E-state index in [4.69, 9.17) is 0 Å². The van der Waals surface area contributed by atoms with Gasteiger partial charge in [-0.3, -0.25) is 4.79 Å². The number of carbonyl (C=O) groups is 1. The Hall–Kier alpha value is -2.63. The van der Waals surface area contributed by atoms with Crippen LogP contribution in [0.15, 0.2) is 18.2 Å². The standard InChI is InChI=1S/C20H25N5O/c1-13-14(2)22-17-8-7-15(12-16(13)17)20(26)21-10-9-19-24-23-18-6-4-3-5-11-25(18)19/h7-8,12,22H,3-6,9-11H2,1-2H3,(H,21,26). The highest BCUT2D eigenvalue weighted by molar-refractivity contribution is 5.99. The molecule has 0 radical (unpaired) electrons. The van der Waals surface area contributed by atoms with Crippen LogP contribution in [0.3, 0.4) is 0 Å². The third-order valence-corrected chi connectivity index (χ3v) is 5.39. The Labute approximate surface area is 153 Å². The minimum atomic E-state index is -0.0410. The molecule has 0 unspecified atom stereocenters. The van der Waals surface area contributed by atoms with Crippen LogP contribution in [0.5, 0.6) is 0 Å². The van der Waals surface area contributed by atoms with E-state index in [0.717, 1.165) is 41.2 Å². The number of benzene rings is 1. The first-order chi connectivity index (χ1) is 12.6. The van der Waals surface area contributed by atoms with Gasteiger partial charge in [0.1, 0.15) is 11.6 Å². The average Bonchev–Trinajstić information content (AvgIpc) is 3.05. The number of nitrogens with zero attached hydrogens (tertiary/aromatic N) is 3. The predicted molar refractivity (Wildman–Crippen MR) is 101 cm³/mol. The zero-order valence-corrected chi connectivity index (χ0v) is 15.4. The summed E-state index contributed by atoms with van der Waals surface area (Å²) in [5.41, 5.74) is 4.10. The summed E-state index contributed by atoms with van der Waals surface area (Å²) in [6.07, 6.45) is 5.34. The van der Waals surface area contributed by atoms with Crippen LogP contribution in [0.2, 0.25) is 0 Å². The number of amides is 1. The molecule has 26 heavy (non-hydrogen) atoms. The number of rotatable bonds is 4. The molecule has 0 atom stereocenters. The van der Waals surface area contributed by atoms with Gasteiger partial charge in [0.25, 0.3) is 5.91 Å². The minimum Gasteiger partial charge on any atom is -0.358 e. The summed E-state index contributed by atoms with van der Waals surface area (Å²) in [5, 5.41) is 12.8. The van der Waals surface area contributed by atoms with Gasteiger partial charge in [-0.25, -0.2) is 0 Å². The molecule has 0 saturated heterocycles. The lowest BCUT2D eigenvalue weighted by Gasteiger charge is -2.08. The summed E-state index contributed by atoms with van der Waals surface area (Å²) in [4.78, 5) is 15.9. The monoisotopic (exact) mass is 351 g/mol. The molecule has 2 N–H and O–H groups in total. The first-order valence-corrected chi connectivity index (χ1v) is 9.41. The third-order valence-electron chi connectivity index (χ3n) is 5.39. The highest BCUT2D eigenvalue weighted by Gasteiger charge is 2.15. The maximum absolute atomic E-state index is 12.5. The Kier molecular flexibility index (Phi) is 4.49. The van der Waals surface area contributed by atoms with Crippen LogP contribution < -0.4 is 5.32 Å². The van der Waals surface area contributed by atoms with E-state index in [1.54, 1.807) is 0 Å². The Bertz CT molecular complexity index is 953. The van der Waals surface area contributed by atoms with E-state index in [0.29, 0.717) is 18.5 Å². The van der Waals surface area contributed by atoms with Gasteiger partial charge in [-0.2, -0.15) is 0 Å². The number of aromatic amines is 1. The average molecular weight is 351 g/mol. The van der Waals surface area contributed by atoms with Gasteiger partial charge in [0, 0.05) is 48.1 Å². The second-order valence-corrected chi connectivity index (χ2v) is 7.14. The molecule has 0 saturated carbocycles. The fourth-order valence-corrected chi connectivity index (χ4v) is 3.72. The number of fused-ring (bicyclic) bond motifs is 2. The quantitative estimate of drug-likeness (QED) is 0.758. The Morgan fingerprint density at radius 3 is 3.00 bits per heavy atom. The molecular weight excluding hydrogens is 326 g/mol. The Morgan fingerprint density at radius 2 is 2.12 bits per heavy atom. The van der Waals surface area contributed by atoms with E-state index in [1.165, 1.54) is 24.8 Å². The molecule has 0 fully saturated rings. The lowest BCUT2D eigenvalue weighted by Crippen LogP contribution is -2.26. The molecule has 0 aliphatic carbocycles. The van der Waals surface area contributed by atoms with Crippen molar-refractivity contribution in [1.29, 1.82) is 0 Å². The minimum absolute atomic E-state index is 0.0410. The smallest absolute Gasteiger partial charge is 0.251 e. The van der Waals surface area contributed by atoms with Crippen LogP contribution >= 0.6 is 0 Å². The zero-order chi connectivity index (χ0) is 18.1. The summed E-state index contributed by atoms with van der Waals surface area (Å²) in [5.74, 6) is 2.03. The van der Waals surface area contributed by atoms with Gasteiger partial charge in [0.2, 0.25) is 0 Å². The summed E-state index contributed by atoms with van der Waals surface area (Å²) in [6, 6.07) is 5.81.